The monoisotopic (exact) mass is 362 g/mol. The van der Waals surface area contributed by atoms with Crippen molar-refractivity contribution in [3.63, 3.8) is 0 Å². The molecule has 1 heterocycles. The van der Waals surface area contributed by atoms with Gasteiger partial charge in [-0.25, -0.2) is 4.39 Å². The van der Waals surface area contributed by atoms with Gasteiger partial charge in [-0.2, -0.15) is 0 Å². The Labute approximate surface area is 156 Å². The fourth-order valence-corrected chi connectivity index (χ4v) is 3.18. The summed E-state index contributed by atoms with van der Waals surface area (Å²) in [5, 5.41) is 3.30. The van der Waals surface area contributed by atoms with Crippen LogP contribution < -0.4 is 5.32 Å². The fraction of sp³-hybridized carbons (Fsp3) is 0.0455. The van der Waals surface area contributed by atoms with E-state index in [2.05, 4.69) is 34.6 Å². The summed E-state index contributed by atoms with van der Waals surface area (Å²) in [5.41, 5.74) is 5.59. The Hall–Kier alpha value is -2.91. The number of nitrogens with one attached hydrogen (secondary N) is 1. The van der Waals surface area contributed by atoms with Gasteiger partial charge in [0.25, 0.3) is 0 Å². The quantitative estimate of drug-likeness (QED) is 0.594. The molecule has 0 unspecified atom stereocenters. The lowest BCUT2D eigenvalue weighted by Gasteiger charge is -2.15. The van der Waals surface area contributed by atoms with Crippen LogP contribution in [-0.4, -0.2) is 11.8 Å². The third kappa shape index (κ3) is 3.53. The Kier molecular flexibility index (Phi) is 4.55. The molecule has 0 aliphatic carbocycles. The average Bonchev–Trinajstić information content (AvgIpc) is 2.68. The molecule has 0 atom stereocenters. The lowest BCUT2D eigenvalue weighted by atomic mass is 9.98. The third-order valence-corrected chi connectivity index (χ3v) is 4.51. The first-order valence-electron chi connectivity index (χ1n) is 8.33. The van der Waals surface area contributed by atoms with Crippen molar-refractivity contribution in [3.05, 3.63) is 90.3 Å². The largest absolute Gasteiger partial charge is 0.330 e. The first-order chi connectivity index (χ1) is 12.7. The van der Waals surface area contributed by atoms with Gasteiger partial charge in [0.2, 0.25) is 0 Å². The highest BCUT2D eigenvalue weighted by Crippen LogP contribution is 2.28. The predicted molar refractivity (Wildman–Crippen MR) is 107 cm³/mol. The molecule has 1 aliphatic rings. The van der Waals surface area contributed by atoms with E-state index in [9.17, 15) is 4.39 Å². The zero-order valence-corrected chi connectivity index (χ0v) is 14.7. The van der Waals surface area contributed by atoms with Gasteiger partial charge in [0.05, 0.1) is 6.54 Å². The summed E-state index contributed by atoms with van der Waals surface area (Å²) in [6.45, 7) is 0.485. The summed E-state index contributed by atoms with van der Waals surface area (Å²) >= 11 is 5.94. The molecule has 3 aromatic carbocycles. The Morgan fingerprint density at radius 3 is 2.08 bits per heavy atom. The maximum absolute atomic E-state index is 14.2. The van der Waals surface area contributed by atoms with Gasteiger partial charge in [-0.05, 0) is 58.1 Å². The summed E-state index contributed by atoms with van der Waals surface area (Å²) < 4.78 is 14.2. The summed E-state index contributed by atoms with van der Waals surface area (Å²) in [4.78, 5) is 4.05. The van der Waals surface area contributed by atoms with Crippen LogP contribution in [-0.2, 0) is 0 Å². The van der Waals surface area contributed by atoms with Crippen molar-refractivity contribution in [1.82, 2.24) is 5.32 Å². The van der Waals surface area contributed by atoms with E-state index in [0.717, 1.165) is 33.5 Å². The molecule has 26 heavy (non-hydrogen) atoms. The van der Waals surface area contributed by atoms with Crippen molar-refractivity contribution in [1.29, 1.82) is 0 Å². The molecule has 0 fully saturated rings. The molecule has 0 radical (unpaired) electrons. The Morgan fingerprint density at radius 1 is 0.769 bits per heavy atom. The number of rotatable bonds is 3. The maximum atomic E-state index is 14.2. The minimum atomic E-state index is -0.286. The van der Waals surface area contributed by atoms with Crippen molar-refractivity contribution in [3.8, 4) is 22.3 Å². The van der Waals surface area contributed by atoms with E-state index in [1.165, 1.54) is 6.07 Å². The van der Waals surface area contributed by atoms with Crippen LogP contribution in [0.2, 0.25) is 0 Å². The Balaban J connectivity index is 1.67. The second-order valence-electron chi connectivity index (χ2n) is 6.05. The van der Waals surface area contributed by atoms with E-state index in [1.807, 2.05) is 42.5 Å². The van der Waals surface area contributed by atoms with E-state index < -0.39 is 0 Å². The number of aliphatic imine (C=N–C) groups is 1. The molecule has 0 aromatic heterocycles. The molecule has 4 rings (SSSR count). The van der Waals surface area contributed by atoms with Crippen LogP contribution in [0.4, 0.5) is 4.39 Å². The molecule has 3 aromatic rings. The number of amidine groups is 1. The zero-order chi connectivity index (χ0) is 17.9. The molecule has 0 saturated heterocycles. The van der Waals surface area contributed by atoms with Crippen molar-refractivity contribution in [2.75, 3.05) is 6.54 Å². The lowest BCUT2D eigenvalue weighted by Crippen LogP contribution is -2.20. The fourth-order valence-electron chi connectivity index (χ4n) is 3.01. The molecule has 0 spiro atoms. The van der Waals surface area contributed by atoms with Gasteiger partial charge in [0.15, 0.2) is 5.29 Å². The summed E-state index contributed by atoms with van der Waals surface area (Å²) in [6, 6.07) is 23.3. The molecule has 1 N–H and O–H groups in total. The van der Waals surface area contributed by atoms with Gasteiger partial charge in [0.1, 0.15) is 5.82 Å². The van der Waals surface area contributed by atoms with Crippen LogP contribution in [0.3, 0.4) is 0 Å². The smallest absolute Gasteiger partial charge is 0.196 e. The van der Waals surface area contributed by atoms with Gasteiger partial charge < -0.3 is 5.32 Å². The Bertz CT molecular complexity index is 992. The first-order valence-corrected chi connectivity index (χ1v) is 8.71. The number of nitrogens with zero attached hydrogens (tertiary/aromatic N) is 1. The van der Waals surface area contributed by atoms with Crippen molar-refractivity contribution < 1.29 is 4.39 Å². The minimum absolute atomic E-state index is 0.286. The van der Waals surface area contributed by atoms with Gasteiger partial charge in [-0.3, -0.25) is 4.99 Å². The Morgan fingerprint density at radius 2 is 1.38 bits per heavy atom. The van der Waals surface area contributed by atoms with Crippen LogP contribution in [0.5, 0.6) is 0 Å². The standard InChI is InChI=1S/C22H16ClFN2/c23-22-25-11-10-21(26-22)19-12-18(13-20(24)14-19)17-8-6-16(7-9-17)15-4-2-1-3-5-15/h1-10,12-14H,11H2,(H,25,26). The molecule has 128 valence electrons. The molecule has 2 nitrogen and oxygen atoms in total. The topological polar surface area (TPSA) is 24.4 Å². The van der Waals surface area contributed by atoms with Gasteiger partial charge >= 0.3 is 0 Å². The highest BCUT2D eigenvalue weighted by molar-refractivity contribution is 6.65. The van der Waals surface area contributed by atoms with E-state index in [1.54, 1.807) is 6.07 Å². The number of hydrogen-bond donors (Lipinski definition) is 1. The highest BCUT2D eigenvalue weighted by atomic mass is 35.5. The molecule has 4 heteroatoms. The normalized spacial score (nSPS) is 13.6. The van der Waals surface area contributed by atoms with E-state index in [0.29, 0.717) is 11.8 Å². The van der Waals surface area contributed by atoms with Crippen LogP contribution >= 0.6 is 11.6 Å². The number of benzene rings is 3. The molecular formula is C22H16ClFN2. The van der Waals surface area contributed by atoms with Crippen molar-refractivity contribution in [2.24, 2.45) is 4.99 Å². The number of hydrogen-bond acceptors (Lipinski definition) is 2. The van der Waals surface area contributed by atoms with E-state index >= 15 is 0 Å². The van der Waals surface area contributed by atoms with Crippen molar-refractivity contribution >= 4 is 22.6 Å². The number of halogens is 2. The molecule has 0 saturated carbocycles. The maximum Gasteiger partial charge on any atom is 0.196 e. The van der Waals surface area contributed by atoms with Crippen LogP contribution in [0.25, 0.3) is 28.0 Å². The van der Waals surface area contributed by atoms with Gasteiger partial charge in [-0.1, -0.05) is 54.6 Å². The highest BCUT2D eigenvalue weighted by Gasteiger charge is 2.11. The average molecular weight is 363 g/mol. The molecule has 0 amide bonds. The summed E-state index contributed by atoms with van der Waals surface area (Å²) in [6.07, 6.45) is 1.89. The van der Waals surface area contributed by atoms with E-state index in [4.69, 9.17) is 11.6 Å². The second kappa shape index (κ2) is 7.14. The SMILES string of the molecule is Fc1cc(C2=CCN=C(Cl)N2)cc(-c2ccc(-c3ccccc3)cc2)c1. The first kappa shape index (κ1) is 16.6. The molecule has 0 bridgehead atoms. The van der Waals surface area contributed by atoms with Crippen LogP contribution in [0, 0.1) is 5.82 Å². The summed E-state index contributed by atoms with van der Waals surface area (Å²) in [5.74, 6) is -0.286. The zero-order valence-electron chi connectivity index (χ0n) is 13.9. The lowest BCUT2D eigenvalue weighted by molar-refractivity contribution is 0.627. The third-order valence-electron chi connectivity index (χ3n) is 4.30. The molecule has 1 aliphatic heterocycles. The van der Waals surface area contributed by atoms with E-state index in [-0.39, 0.29) is 5.82 Å². The predicted octanol–water partition coefficient (Wildman–Crippen LogP) is 5.70. The van der Waals surface area contributed by atoms with Crippen LogP contribution in [0.15, 0.2) is 83.9 Å². The minimum Gasteiger partial charge on any atom is -0.330 e. The van der Waals surface area contributed by atoms with Crippen LogP contribution in [0.1, 0.15) is 5.56 Å². The van der Waals surface area contributed by atoms with Crippen molar-refractivity contribution in [2.45, 2.75) is 0 Å². The van der Waals surface area contributed by atoms with Gasteiger partial charge in [0, 0.05) is 11.3 Å². The van der Waals surface area contributed by atoms with Gasteiger partial charge in [-0.15, -0.1) is 0 Å². The summed E-state index contributed by atoms with van der Waals surface area (Å²) in [7, 11) is 0. The second-order valence-corrected chi connectivity index (χ2v) is 6.40. The molecular weight excluding hydrogens is 347 g/mol.